The molecule has 0 saturated heterocycles. The van der Waals surface area contributed by atoms with E-state index in [2.05, 4.69) is 10.6 Å². The molecule has 1 saturated carbocycles. The number of nitrogens with one attached hydrogen (secondary N) is 2. The summed E-state index contributed by atoms with van der Waals surface area (Å²) in [5.74, 6) is 0.129. The molecule has 0 aliphatic heterocycles. The lowest BCUT2D eigenvalue weighted by Crippen LogP contribution is -2.34. The highest BCUT2D eigenvalue weighted by Crippen LogP contribution is 2.17. The van der Waals surface area contributed by atoms with E-state index in [9.17, 15) is 4.79 Å². The van der Waals surface area contributed by atoms with Crippen LogP contribution < -0.4 is 10.6 Å². The monoisotopic (exact) mass is 178 g/mol. The number of carbonyl (C=O) groups is 1. The van der Waals surface area contributed by atoms with E-state index in [1.54, 1.807) is 0 Å². The molecule has 0 aromatic heterocycles. The first-order valence-electron chi connectivity index (χ1n) is 3.83. The summed E-state index contributed by atoms with van der Waals surface area (Å²) < 4.78 is 0. The molecule has 4 heteroatoms. The van der Waals surface area contributed by atoms with Crippen molar-refractivity contribution in [3.05, 3.63) is 0 Å². The number of carbonyl (C=O) groups excluding carboxylic acids is 1. The molecule has 1 aliphatic carbocycles. The number of hydrogen-bond donors (Lipinski definition) is 2. The summed E-state index contributed by atoms with van der Waals surface area (Å²) in [6.07, 6.45) is 2.33. The van der Waals surface area contributed by atoms with Crippen LogP contribution >= 0.6 is 12.4 Å². The van der Waals surface area contributed by atoms with Crippen molar-refractivity contribution >= 4 is 18.3 Å². The maximum atomic E-state index is 10.9. The van der Waals surface area contributed by atoms with Crippen LogP contribution in [0.5, 0.6) is 0 Å². The highest BCUT2D eigenvalue weighted by Gasteiger charge is 2.22. The summed E-state index contributed by atoms with van der Waals surface area (Å²) in [5.41, 5.74) is 0. The van der Waals surface area contributed by atoms with Gasteiger partial charge in [-0.05, 0) is 19.4 Å². The molecule has 1 aliphatic rings. The Kier molecular flexibility index (Phi) is 5.24. The van der Waals surface area contributed by atoms with Gasteiger partial charge in [-0.15, -0.1) is 12.4 Å². The maximum absolute atomic E-state index is 10.9. The molecule has 0 spiro atoms. The fraction of sp³-hybridized carbons (Fsp3) is 0.857. The number of likely N-dealkylation sites (N-methyl/N-ethyl adjacent to an activating group) is 1. The molecule has 1 amide bonds. The van der Waals surface area contributed by atoms with E-state index in [-0.39, 0.29) is 18.3 Å². The molecule has 3 nitrogen and oxygen atoms in total. The van der Waals surface area contributed by atoms with Gasteiger partial charge < -0.3 is 10.6 Å². The van der Waals surface area contributed by atoms with Crippen LogP contribution in [0.1, 0.15) is 19.8 Å². The second kappa shape index (κ2) is 5.38. The van der Waals surface area contributed by atoms with Crippen molar-refractivity contribution in [1.29, 1.82) is 0 Å². The lowest BCUT2D eigenvalue weighted by molar-refractivity contribution is -0.120. The average molecular weight is 179 g/mol. The first-order valence-corrected chi connectivity index (χ1v) is 3.83. The van der Waals surface area contributed by atoms with Crippen LogP contribution in [0, 0.1) is 0 Å². The van der Waals surface area contributed by atoms with Gasteiger partial charge in [-0.1, -0.05) is 6.92 Å². The minimum Gasteiger partial charge on any atom is -0.352 e. The standard InChI is InChI=1S/C7H14N2O.ClH/c1-2-8-5-7(10)9-6-3-4-6;/h6,8H,2-5H2,1H3,(H,9,10);1H. The fourth-order valence-electron chi connectivity index (χ4n) is 0.745. The van der Waals surface area contributed by atoms with Crippen molar-refractivity contribution in [1.82, 2.24) is 10.6 Å². The van der Waals surface area contributed by atoms with Crippen molar-refractivity contribution in [2.24, 2.45) is 0 Å². The Hall–Kier alpha value is -0.280. The summed E-state index contributed by atoms with van der Waals surface area (Å²) in [4.78, 5) is 10.9. The molecule has 2 N–H and O–H groups in total. The average Bonchev–Trinajstić information content (AvgIpc) is 2.67. The second-order valence-corrected chi connectivity index (χ2v) is 2.62. The lowest BCUT2D eigenvalue weighted by Gasteiger charge is -2.01. The van der Waals surface area contributed by atoms with E-state index in [4.69, 9.17) is 0 Å². The van der Waals surface area contributed by atoms with E-state index >= 15 is 0 Å². The first-order chi connectivity index (χ1) is 4.83. The molecule has 1 fully saturated rings. The van der Waals surface area contributed by atoms with Gasteiger partial charge in [-0.3, -0.25) is 4.79 Å². The van der Waals surface area contributed by atoms with Crippen molar-refractivity contribution in [2.75, 3.05) is 13.1 Å². The van der Waals surface area contributed by atoms with Crippen LogP contribution in [0.25, 0.3) is 0 Å². The van der Waals surface area contributed by atoms with E-state index in [1.165, 1.54) is 0 Å². The molecule has 0 aromatic carbocycles. The summed E-state index contributed by atoms with van der Waals surface area (Å²) in [6, 6.07) is 0.492. The topological polar surface area (TPSA) is 41.1 Å². The number of amides is 1. The molecule has 66 valence electrons. The Balaban J connectivity index is 0.000001000. The van der Waals surface area contributed by atoms with Crippen molar-refractivity contribution < 1.29 is 4.79 Å². The molecular formula is C7H15ClN2O. The number of hydrogen-bond acceptors (Lipinski definition) is 2. The zero-order valence-electron chi connectivity index (χ0n) is 6.72. The number of halogens is 1. The molecule has 1 rings (SSSR count). The Morgan fingerprint density at radius 3 is 2.64 bits per heavy atom. The minimum atomic E-state index is 0. The minimum absolute atomic E-state index is 0. The predicted octanol–water partition coefficient (Wildman–Crippen LogP) is 0.296. The van der Waals surface area contributed by atoms with Crippen LogP contribution in [0.4, 0.5) is 0 Å². The lowest BCUT2D eigenvalue weighted by atomic mass is 10.5. The second-order valence-electron chi connectivity index (χ2n) is 2.62. The zero-order valence-corrected chi connectivity index (χ0v) is 7.54. The molecular weight excluding hydrogens is 164 g/mol. The van der Waals surface area contributed by atoms with Gasteiger partial charge in [-0.2, -0.15) is 0 Å². The molecule has 11 heavy (non-hydrogen) atoms. The van der Waals surface area contributed by atoms with Crippen molar-refractivity contribution in [2.45, 2.75) is 25.8 Å². The van der Waals surface area contributed by atoms with Crippen molar-refractivity contribution in [3.8, 4) is 0 Å². The Bertz CT molecular complexity index is 126. The molecule has 0 bridgehead atoms. The predicted molar refractivity (Wildman–Crippen MR) is 47.0 cm³/mol. The fourth-order valence-corrected chi connectivity index (χ4v) is 0.745. The van der Waals surface area contributed by atoms with E-state index in [0.717, 1.165) is 19.4 Å². The van der Waals surface area contributed by atoms with Gasteiger partial charge >= 0.3 is 0 Å². The van der Waals surface area contributed by atoms with Gasteiger partial charge in [-0.25, -0.2) is 0 Å². The van der Waals surface area contributed by atoms with Crippen LogP contribution in [0.2, 0.25) is 0 Å². The van der Waals surface area contributed by atoms with Crippen LogP contribution in [0.3, 0.4) is 0 Å². The van der Waals surface area contributed by atoms with Gasteiger partial charge in [0.1, 0.15) is 0 Å². The van der Waals surface area contributed by atoms with E-state index in [1.807, 2.05) is 6.92 Å². The van der Waals surface area contributed by atoms with E-state index < -0.39 is 0 Å². The third-order valence-corrected chi connectivity index (χ3v) is 1.48. The van der Waals surface area contributed by atoms with Gasteiger partial charge in [0, 0.05) is 6.04 Å². The summed E-state index contributed by atoms with van der Waals surface area (Å²) in [6.45, 7) is 3.31. The quantitative estimate of drug-likeness (QED) is 0.650. The van der Waals surface area contributed by atoms with Gasteiger partial charge in [0.05, 0.1) is 6.54 Å². The third-order valence-electron chi connectivity index (χ3n) is 1.48. The normalized spacial score (nSPS) is 15.4. The molecule has 0 aromatic rings. The summed E-state index contributed by atoms with van der Waals surface area (Å²) in [7, 11) is 0. The molecule has 0 radical (unpaired) electrons. The Labute approximate surface area is 73.3 Å². The smallest absolute Gasteiger partial charge is 0.234 e. The van der Waals surface area contributed by atoms with E-state index in [0.29, 0.717) is 12.6 Å². The Morgan fingerprint density at radius 2 is 2.18 bits per heavy atom. The first kappa shape index (κ1) is 10.7. The third kappa shape index (κ3) is 5.04. The number of rotatable bonds is 4. The highest BCUT2D eigenvalue weighted by molar-refractivity contribution is 5.85. The largest absolute Gasteiger partial charge is 0.352 e. The molecule has 0 atom stereocenters. The van der Waals surface area contributed by atoms with Gasteiger partial charge in [0.15, 0.2) is 0 Å². The van der Waals surface area contributed by atoms with Crippen molar-refractivity contribution in [3.63, 3.8) is 0 Å². The molecule has 0 unspecified atom stereocenters. The van der Waals surface area contributed by atoms with Crippen LogP contribution in [-0.2, 0) is 4.79 Å². The van der Waals surface area contributed by atoms with Crippen LogP contribution in [-0.4, -0.2) is 25.0 Å². The summed E-state index contributed by atoms with van der Waals surface area (Å²) >= 11 is 0. The SMILES string of the molecule is CCNCC(=O)NC1CC1.Cl. The molecule has 0 heterocycles. The van der Waals surface area contributed by atoms with Gasteiger partial charge in [0.2, 0.25) is 5.91 Å². The Morgan fingerprint density at radius 1 is 1.55 bits per heavy atom. The summed E-state index contributed by atoms with van der Waals surface area (Å²) in [5, 5.41) is 5.86. The maximum Gasteiger partial charge on any atom is 0.234 e. The van der Waals surface area contributed by atoms with Gasteiger partial charge in [0.25, 0.3) is 0 Å². The van der Waals surface area contributed by atoms with Crippen LogP contribution in [0.15, 0.2) is 0 Å². The highest BCUT2D eigenvalue weighted by atomic mass is 35.5. The zero-order chi connectivity index (χ0) is 7.40.